The van der Waals surface area contributed by atoms with E-state index in [1.165, 1.54) is 6.08 Å². The van der Waals surface area contributed by atoms with Gasteiger partial charge in [-0.15, -0.1) is 0 Å². The van der Waals surface area contributed by atoms with Crippen molar-refractivity contribution in [3.05, 3.63) is 40.9 Å². The highest BCUT2D eigenvalue weighted by molar-refractivity contribution is 6.30. The highest BCUT2D eigenvalue weighted by Crippen LogP contribution is 2.11. The first-order chi connectivity index (χ1) is 8.11. The lowest BCUT2D eigenvalue weighted by Gasteiger charge is -2.05. The zero-order chi connectivity index (χ0) is 12.7. The number of hydrogen-bond acceptors (Lipinski definition) is 2. The van der Waals surface area contributed by atoms with Gasteiger partial charge in [0.15, 0.2) is 5.78 Å². The van der Waals surface area contributed by atoms with Crippen molar-refractivity contribution in [2.45, 2.75) is 32.3 Å². The third-order valence-corrected chi connectivity index (χ3v) is 2.64. The third-order valence-electron chi connectivity index (χ3n) is 2.39. The van der Waals surface area contributed by atoms with Crippen LogP contribution >= 0.6 is 11.6 Å². The predicted molar refractivity (Wildman–Crippen MR) is 71.0 cm³/mol. The second kappa shape index (κ2) is 7.25. The van der Waals surface area contributed by atoms with Gasteiger partial charge in [-0.1, -0.05) is 43.2 Å². The van der Waals surface area contributed by atoms with Crippen LogP contribution in [0.5, 0.6) is 0 Å². The van der Waals surface area contributed by atoms with Gasteiger partial charge in [0.25, 0.3) is 0 Å². The summed E-state index contributed by atoms with van der Waals surface area (Å²) in [4.78, 5) is 11.5. The molecule has 0 spiro atoms. The van der Waals surface area contributed by atoms with Crippen LogP contribution in [0, 0.1) is 0 Å². The van der Waals surface area contributed by atoms with E-state index in [0.29, 0.717) is 11.4 Å². The van der Waals surface area contributed by atoms with E-state index in [1.807, 2.05) is 19.1 Å². The molecular weight excluding hydrogens is 236 g/mol. The van der Waals surface area contributed by atoms with Crippen LogP contribution in [0.3, 0.4) is 0 Å². The summed E-state index contributed by atoms with van der Waals surface area (Å²) < 4.78 is 0. The Morgan fingerprint density at radius 1 is 1.41 bits per heavy atom. The first kappa shape index (κ1) is 13.9. The summed E-state index contributed by atoms with van der Waals surface area (Å²) >= 11 is 5.75. The average molecular weight is 253 g/mol. The lowest BCUT2D eigenvalue weighted by Crippen LogP contribution is -2.11. The average Bonchev–Trinajstić information content (AvgIpc) is 2.28. The number of allylic oxidation sites excluding steroid dienone is 1. The third kappa shape index (κ3) is 5.66. The SMILES string of the molecule is CCCC(O)CC(=O)/C=C/c1ccc(Cl)cc1. The number of halogens is 1. The van der Waals surface area contributed by atoms with Gasteiger partial charge in [0.1, 0.15) is 0 Å². The number of hydrogen-bond donors (Lipinski definition) is 1. The van der Waals surface area contributed by atoms with Gasteiger partial charge in [0.05, 0.1) is 6.10 Å². The number of rotatable bonds is 6. The number of aliphatic hydroxyl groups is 1. The Kier molecular flexibility index (Phi) is 5.95. The van der Waals surface area contributed by atoms with Crippen molar-refractivity contribution < 1.29 is 9.90 Å². The molecule has 17 heavy (non-hydrogen) atoms. The van der Waals surface area contributed by atoms with Crippen molar-refractivity contribution in [1.82, 2.24) is 0 Å². The van der Waals surface area contributed by atoms with Gasteiger partial charge in [-0.3, -0.25) is 4.79 Å². The Balaban J connectivity index is 2.47. The summed E-state index contributed by atoms with van der Waals surface area (Å²) in [6.45, 7) is 1.98. The summed E-state index contributed by atoms with van der Waals surface area (Å²) in [6, 6.07) is 7.23. The molecule has 3 heteroatoms. The number of carbonyl (C=O) groups is 1. The molecule has 1 unspecified atom stereocenters. The van der Waals surface area contributed by atoms with E-state index < -0.39 is 6.10 Å². The molecule has 0 amide bonds. The second-order valence-electron chi connectivity index (χ2n) is 4.00. The molecular formula is C14H17ClO2. The predicted octanol–water partition coefficient (Wildman–Crippen LogP) is 3.47. The van der Waals surface area contributed by atoms with Crippen molar-refractivity contribution in [2.24, 2.45) is 0 Å². The Morgan fingerprint density at radius 2 is 2.06 bits per heavy atom. The number of carbonyl (C=O) groups excluding carboxylic acids is 1. The summed E-state index contributed by atoms with van der Waals surface area (Å²) in [5.74, 6) is -0.0547. The van der Waals surface area contributed by atoms with Crippen LogP contribution in [0.4, 0.5) is 0 Å². The van der Waals surface area contributed by atoms with Crippen LogP contribution < -0.4 is 0 Å². The van der Waals surface area contributed by atoms with Gasteiger partial charge >= 0.3 is 0 Å². The largest absolute Gasteiger partial charge is 0.393 e. The lowest BCUT2D eigenvalue weighted by atomic mass is 10.1. The van der Waals surface area contributed by atoms with Gasteiger partial charge in [0.2, 0.25) is 0 Å². The van der Waals surface area contributed by atoms with Gasteiger partial charge in [-0.25, -0.2) is 0 Å². The highest BCUT2D eigenvalue weighted by Gasteiger charge is 2.06. The quantitative estimate of drug-likeness (QED) is 0.787. The Hall–Kier alpha value is -1.12. The molecule has 0 bridgehead atoms. The van der Waals surface area contributed by atoms with Crippen molar-refractivity contribution in [2.75, 3.05) is 0 Å². The lowest BCUT2D eigenvalue weighted by molar-refractivity contribution is -0.116. The van der Waals surface area contributed by atoms with Crippen molar-refractivity contribution in [3.8, 4) is 0 Å². The van der Waals surface area contributed by atoms with E-state index in [1.54, 1.807) is 18.2 Å². The van der Waals surface area contributed by atoms with E-state index in [0.717, 1.165) is 12.0 Å². The molecule has 1 N–H and O–H groups in total. The maximum Gasteiger partial charge on any atom is 0.158 e. The molecule has 2 nitrogen and oxygen atoms in total. The van der Waals surface area contributed by atoms with E-state index in [4.69, 9.17) is 11.6 Å². The minimum absolute atomic E-state index is 0.0547. The molecule has 1 aromatic rings. The summed E-state index contributed by atoms with van der Waals surface area (Å²) in [5.41, 5.74) is 0.924. The Morgan fingerprint density at radius 3 is 2.65 bits per heavy atom. The maximum absolute atomic E-state index is 11.5. The van der Waals surface area contributed by atoms with Gasteiger partial charge < -0.3 is 5.11 Å². The zero-order valence-corrected chi connectivity index (χ0v) is 10.7. The molecule has 0 aliphatic carbocycles. The topological polar surface area (TPSA) is 37.3 Å². The van der Waals surface area contributed by atoms with Crippen molar-refractivity contribution in [3.63, 3.8) is 0 Å². The standard InChI is InChI=1S/C14H17ClO2/c1-2-3-13(16)10-14(17)9-6-11-4-7-12(15)8-5-11/h4-9,13,16H,2-3,10H2,1H3/b9-6+. The number of benzene rings is 1. The van der Waals surface area contributed by atoms with Crippen LogP contribution in [0.25, 0.3) is 6.08 Å². The van der Waals surface area contributed by atoms with E-state index >= 15 is 0 Å². The van der Waals surface area contributed by atoms with Crippen LogP contribution in [0.1, 0.15) is 31.7 Å². The monoisotopic (exact) mass is 252 g/mol. The first-order valence-corrected chi connectivity index (χ1v) is 6.14. The second-order valence-corrected chi connectivity index (χ2v) is 4.43. The Labute approximate surface area is 107 Å². The summed E-state index contributed by atoms with van der Waals surface area (Å²) in [6.07, 6.45) is 4.45. The molecule has 0 aromatic heterocycles. The zero-order valence-electron chi connectivity index (χ0n) is 9.90. The van der Waals surface area contributed by atoms with E-state index in [-0.39, 0.29) is 12.2 Å². The Bertz CT molecular complexity index is 382. The molecule has 0 heterocycles. The molecule has 1 atom stereocenters. The fourth-order valence-electron chi connectivity index (χ4n) is 1.50. The fraction of sp³-hybridized carbons (Fsp3) is 0.357. The van der Waals surface area contributed by atoms with Crippen LogP contribution in [-0.2, 0) is 4.79 Å². The minimum atomic E-state index is -0.526. The highest BCUT2D eigenvalue weighted by atomic mass is 35.5. The normalized spacial score (nSPS) is 12.9. The molecule has 1 aromatic carbocycles. The number of ketones is 1. The van der Waals surface area contributed by atoms with Crippen molar-refractivity contribution >= 4 is 23.5 Å². The van der Waals surface area contributed by atoms with E-state index in [2.05, 4.69) is 0 Å². The van der Waals surface area contributed by atoms with Crippen LogP contribution in [0.2, 0.25) is 5.02 Å². The molecule has 0 aliphatic heterocycles. The summed E-state index contributed by atoms with van der Waals surface area (Å²) in [7, 11) is 0. The number of aliphatic hydroxyl groups excluding tert-OH is 1. The van der Waals surface area contributed by atoms with E-state index in [9.17, 15) is 9.90 Å². The fourth-order valence-corrected chi connectivity index (χ4v) is 1.62. The minimum Gasteiger partial charge on any atom is -0.393 e. The smallest absolute Gasteiger partial charge is 0.158 e. The molecule has 1 rings (SSSR count). The van der Waals surface area contributed by atoms with Crippen LogP contribution in [0.15, 0.2) is 30.3 Å². The molecule has 92 valence electrons. The maximum atomic E-state index is 11.5. The first-order valence-electron chi connectivity index (χ1n) is 5.76. The summed E-state index contributed by atoms with van der Waals surface area (Å²) in [5, 5.41) is 10.2. The molecule has 0 saturated carbocycles. The molecule has 0 aliphatic rings. The van der Waals surface area contributed by atoms with Crippen molar-refractivity contribution in [1.29, 1.82) is 0 Å². The van der Waals surface area contributed by atoms with Gasteiger partial charge in [0, 0.05) is 11.4 Å². The molecule has 0 saturated heterocycles. The van der Waals surface area contributed by atoms with Crippen LogP contribution in [-0.4, -0.2) is 17.0 Å². The van der Waals surface area contributed by atoms with Gasteiger partial charge in [-0.2, -0.15) is 0 Å². The van der Waals surface area contributed by atoms with Gasteiger partial charge in [-0.05, 0) is 30.2 Å². The molecule has 0 radical (unpaired) electrons. The molecule has 0 fully saturated rings.